The molecule has 0 aliphatic rings. The highest BCUT2D eigenvalue weighted by Gasteiger charge is 2.22. The van der Waals surface area contributed by atoms with Crippen LogP contribution in [0.4, 0.5) is 5.13 Å². The van der Waals surface area contributed by atoms with Gasteiger partial charge in [0.15, 0.2) is 5.13 Å². The Hall–Kier alpha value is -2.67. The summed E-state index contributed by atoms with van der Waals surface area (Å²) in [6.07, 6.45) is 0. The number of methoxy groups -OCH3 is 1. The molecule has 4 aromatic rings. The molecule has 0 N–H and O–H groups in total. The molecule has 156 valence electrons. The van der Waals surface area contributed by atoms with E-state index in [1.54, 1.807) is 12.0 Å². The van der Waals surface area contributed by atoms with Crippen molar-refractivity contribution in [2.75, 3.05) is 39.2 Å². The van der Waals surface area contributed by atoms with E-state index in [1.165, 1.54) is 11.3 Å². The number of hydrogen-bond acceptors (Lipinski definition) is 5. The molecule has 1 aromatic heterocycles. The Kier molecular flexibility index (Phi) is 6.92. The molecule has 5 nitrogen and oxygen atoms in total. The summed E-state index contributed by atoms with van der Waals surface area (Å²) in [6.45, 7) is 1.31. The van der Waals surface area contributed by atoms with Crippen molar-refractivity contribution in [3.63, 3.8) is 0 Å². The number of carbonyl (C=O) groups excluding carboxylic acids is 1. The summed E-state index contributed by atoms with van der Waals surface area (Å²) in [6, 6.07) is 19.7. The number of rotatable bonds is 6. The van der Waals surface area contributed by atoms with Gasteiger partial charge in [0.25, 0.3) is 5.91 Å². The van der Waals surface area contributed by atoms with Crippen LogP contribution in [0.1, 0.15) is 10.4 Å². The number of hydrogen-bond donors (Lipinski definition) is 0. The van der Waals surface area contributed by atoms with Gasteiger partial charge in [-0.3, -0.25) is 9.69 Å². The molecule has 0 aliphatic heterocycles. The van der Waals surface area contributed by atoms with Gasteiger partial charge in [-0.2, -0.15) is 0 Å². The van der Waals surface area contributed by atoms with Crippen LogP contribution in [-0.2, 0) is 0 Å². The highest BCUT2D eigenvalue weighted by molar-refractivity contribution is 7.22. The number of likely N-dealkylation sites (N-methyl/N-ethyl adjacent to an activating group) is 1. The van der Waals surface area contributed by atoms with Crippen molar-refractivity contribution in [2.24, 2.45) is 0 Å². The van der Waals surface area contributed by atoms with E-state index in [9.17, 15) is 4.79 Å². The fraction of sp³-hybridized carbons (Fsp3) is 0.217. The van der Waals surface area contributed by atoms with Crippen molar-refractivity contribution in [1.82, 2.24) is 9.88 Å². The van der Waals surface area contributed by atoms with E-state index >= 15 is 0 Å². The zero-order valence-corrected chi connectivity index (χ0v) is 18.7. The predicted molar refractivity (Wildman–Crippen MR) is 120 cm³/mol. The summed E-state index contributed by atoms with van der Waals surface area (Å²) in [5, 5.41) is 2.88. The second-order valence-electron chi connectivity index (χ2n) is 7.15. The van der Waals surface area contributed by atoms with Crippen molar-refractivity contribution in [3.8, 4) is 5.75 Å². The minimum atomic E-state index is -0.0383. The minimum Gasteiger partial charge on any atom is -1.00 e. The maximum atomic E-state index is 13.5. The van der Waals surface area contributed by atoms with Gasteiger partial charge in [-0.25, -0.2) is 4.98 Å². The van der Waals surface area contributed by atoms with Gasteiger partial charge in [-0.15, -0.1) is 0 Å². The topological polar surface area (TPSA) is 45.7 Å². The number of aromatic nitrogens is 1. The van der Waals surface area contributed by atoms with Crippen LogP contribution in [0.25, 0.3) is 21.0 Å². The van der Waals surface area contributed by atoms with E-state index in [2.05, 4.69) is 4.90 Å². The van der Waals surface area contributed by atoms with Gasteiger partial charge < -0.3 is 22.0 Å². The summed E-state index contributed by atoms with van der Waals surface area (Å²) < 4.78 is 6.32. The zero-order valence-electron chi connectivity index (χ0n) is 17.1. The SMILES string of the molecule is COc1ccc2nc(N(CCN(C)C)C(=O)c3ccc4ccccc4c3)sc2c1.[Cl-]. The number of anilines is 1. The Labute approximate surface area is 186 Å². The molecule has 0 spiro atoms. The van der Waals surface area contributed by atoms with E-state index in [0.29, 0.717) is 17.2 Å². The van der Waals surface area contributed by atoms with E-state index in [-0.39, 0.29) is 18.3 Å². The average molecular weight is 441 g/mol. The number of thiazole rings is 1. The molecule has 0 bridgehead atoms. The number of carbonyl (C=O) groups is 1. The first-order valence-corrected chi connectivity index (χ1v) is 10.3. The summed E-state index contributed by atoms with van der Waals surface area (Å²) in [4.78, 5) is 22.0. The lowest BCUT2D eigenvalue weighted by molar-refractivity contribution is -0.0000138. The van der Waals surface area contributed by atoms with Crippen LogP contribution in [0, 0.1) is 0 Å². The molecule has 0 aliphatic carbocycles. The van der Waals surface area contributed by atoms with Gasteiger partial charge in [0.1, 0.15) is 5.75 Å². The number of amides is 1. The van der Waals surface area contributed by atoms with Crippen LogP contribution < -0.4 is 22.0 Å². The molecule has 3 aromatic carbocycles. The van der Waals surface area contributed by atoms with Gasteiger partial charge in [-0.1, -0.05) is 41.7 Å². The Bertz CT molecular complexity index is 1180. The minimum absolute atomic E-state index is 0. The highest BCUT2D eigenvalue weighted by Crippen LogP contribution is 2.32. The van der Waals surface area contributed by atoms with Crippen LogP contribution in [0.5, 0.6) is 5.75 Å². The van der Waals surface area contributed by atoms with Crippen LogP contribution in [-0.4, -0.2) is 50.1 Å². The predicted octanol–water partition coefficient (Wildman–Crippen LogP) is 1.67. The molecule has 0 radical (unpaired) electrons. The van der Waals surface area contributed by atoms with E-state index < -0.39 is 0 Å². The number of fused-ring (bicyclic) bond motifs is 2. The van der Waals surface area contributed by atoms with Crippen LogP contribution >= 0.6 is 11.3 Å². The molecule has 7 heteroatoms. The van der Waals surface area contributed by atoms with E-state index in [4.69, 9.17) is 9.72 Å². The first kappa shape index (κ1) is 22.0. The van der Waals surface area contributed by atoms with Crippen molar-refractivity contribution in [1.29, 1.82) is 0 Å². The summed E-state index contributed by atoms with van der Waals surface area (Å²) in [5.41, 5.74) is 1.53. The average Bonchev–Trinajstić information content (AvgIpc) is 3.15. The molecule has 0 atom stereocenters. The molecule has 0 saturated heterocycles. The lowest BCUT2D eigenvalue weighted by Gasteiger charge is -2.22. The summed E-state index contributed by atoms with van der Waals surface area (Å²) in [7, 11) is 5.65. The van der Waals surface area contributed by atoms with Gasteiger partial charge in [-0.05, 0) is 55.2 Å². The molecular formula is C23H23ClN3O2S-. The van der Waals surface area contributed by atoms with Crippen molar-refractivity contribution in [3.05, 3.63) is 66.2 Å². The van der Waals surface area contributed by atoms with Gasteiger partial charge in [0.05, 0.1) is 17.3 Å². The second kappa shape index (κ2) is 9.43. The quantitative estimate of drug-likeness (QED) is 0.457. The third-order valence-corrected chi connectivity index (χ3v) is 5.87. The normalized spacial score (nSPS) is 10.9. The Balaban J connectivity index is 0.00000256. The Morgan fingerprint density at radius 3 is 2.50 bits per heavy atom. The molecule has 4 rings (SSSR count). The first-order valence-electron chi connectivity index (χ1n) is 9.45. The standard InChI is InChI=1S/C23H23N3O2S.ClH/c1-25(2)12-13-26(23-24-20-11-10-19(28-3)15-21(20)29-23)22(27)18-9-8-16-6-4-5-7-17(16)14-18;/h4-11,14-15H,12-13H2,1-3H3;1H/p-1. The van der Waals surface area contributed by atoms with Crippen molar-refractivity contribution in [2.45, 2.75) is 0 Å². The van der Waals surface area contributed by atoms with Crippen LogP contribution in [0.15, 0.2) is 60.7 Å². The maximum Gasteiger partial charge on any atom is 0.260 e. The van der Waals surface area contributed by atoms with Gasteiger partial charge >= 0.3 is 0 Å². The van der Waals surface area contributed by atoms with Crippen LogP contribution in [0.3, 0.4) is 0 Å². The molecule has 0 fully saturated rings. The third kappa shape index (κ3) is 4.56. The lowest BCUT2D eigenvalue weighted by Crippen LogP contribution is -3.00. The fourth-order valence-electron chi connectivity index (χ4n) is 3.20. The number of ether oxygens (including phenoxy) is 1. The third-order valence-electron chi connectivity index (χ3n) is 4.83. The fourth-order valence-corrected chi connectivity index (χ4v) is 4.22. The zero-order chi connectivity index (χ0) is 20.4. The molecule has 30 heavy (non-hydrogen) atoms. The Morgan fingerprint density at radius 2 is 1.77 bits per heavy atom. The summed E-state index contributed by atoms with van der Waals surface area (Å²) >= 11 is 1.51. The second-order valence-corrected chi connectivity index (χ2v) is 8.16. The van der Waals surface area contributed by atoms with Gasteiger partial charge in [0, 0.05) is 18.7 Å². The van der Waals surface area contributed by atoms with Crippen molar-refractivity contribution < 1.29 is 21.9 Å². The number of halogens is 1. The largest absolute Gasteiger partial charge is 1.00 e. The first-order chi connectivity index (χ1) is 14.0. The van der Waals surface area contributed by atoms with Crippen molar-refractivity contribution >= 4 is 43.4 Å². The smallest absolute Gasteiger partial charge is 0.260 e. The summed E-state index contributed by atoms with van der Waals surface area (Å²) in [5.74, 6) is 0.747. The number of benzene rings is 3. The molecule has 1 amide bonds. The molecule has 1 heterocycles. The Morgan fingerprint density at radius 1 is 1.00 bits per heavy atom. The maximum absolute atomic E-state index is 13.5. The molecular weight excluding hydrogens is 418 g/mol. The highest BCUT2D eigenvalue weighted by atomic mass is 35.5. The monoisotopic (exact) mass is 440 g/mol. The molecule has 0 unspecified atom stereocenters. The lowest BCUT2D eigenvalue weighted by atomic mass is 10.1. The van der Waals surface area contributed by atoms with E-state index in [0.717, 1.165) is 33.3 Å². The van der Waals surface area contributed by atoms with Crippen LogP contribution in [0.2, 0.25) is 0 Å². The number of nitrogens with zero attached hydrogens (tertiary/aromatic N) is 3. The van der Waals surface area contributed by atoms with Gasteiger partial charge in [0.2, 0.25) is 0 Å². The molecule has 0 saturated carbocycles. The van der Waals surface area contributed by atoms with E-state index in [1.807, 2.05) is 74.8 Å².